The van der Waals surface area contributed by atoms with Crippen LogP contribution in [-0.4, -0.2) is 6.54 Å². The molecule has 0 unspecified atom stereocenters. The number of halogens is 2. The highest BCUT2D eigenvalue weighted by molar-refractivity contribution is 5.27. The molecular weight excluding hydrogens is 272 g/mol. The van der Waals surface area contributed by atoms with Crippen molar-refractivity contribution < 1.29 is 13.5 Å². The van der Waals surface area contributed by atoms with Crippen LogP contribution < -0.4 is 10.1 Å². The Balaban J connectivity index is 1.96. The molecule has 0 amide bonds. The molecule has 0 fully saturated rings. The van der Waals surface area contributed by atoms with E-state index in [-0.39, 0.29) is 12.4 Å². The first-order valence-electron chi connectivity index (χ1n) is 7.06. The van der Waals surface area contributed by atoms with Gasteiger partial charge in [-0.15, -0.1) is 0 Å². The van der Waals surface area contributed by atoms with E-state index in [2.05, 4.69) is 12.2 Å². The van der Waals surface area contributed by atoms with E-state index in [1.807, 2.05) is 24.3 Å². The molecule has 1 N–H and O–H groups in total. The summed E-state index contributed by atoms with van der Waals surface area (Å²) in [5.41, 5.74) is 2.07. The highest BCUT2D eigenvalue weighted by atomic mass is 19.2. The topological polar surface area (TPSA) is 21.3 Å². The van der Waals surface area contributed by atoms with Crippen molar-refractivity contribution in [2.45, 2.75) is 26.5 Å². The molecule has 0 aliphatic heterocycles. The molecule has 4 heteroatoms. The average molecular weight is 291 g/mol. The van der Waals surface area contributed by atoms with Crippen molar-refractivity contribution in [3.8, 4) is 5.75 Å². The molecule has 0 bridgehead atoms. The van der Waals surface area contributed by atoms with Crippen LogP contribution in [0.25, 0.3) is 0 Å². The van der Waals surface area contributed by atoms with E-state index in [1.165, 1.54) is 12.1 Å². The number of nitrogens with one attached hydrogen (secondary N) is 1. The minimum absolute atomic E-state index is 0.0653. The van der Waals surface area contributed by atoms with Gasteiger partial charge in [-0.2, -0.15) is 4.39 Å². The smallest absolute Gasteiger partial charge is 0.200 e. The van der Waals surface area contributed by atoms with Crippen LogP contribution in [0.15, 0.2) is 42.5 Å². The standard InChI is InChI=1S/C17H19F2NO/c1-2-9-20-11-13-5-3-6-14(10-13)12-21-16-8-4-7-15(18)17(16)19/h3-8,10,20H,2,9,11-12H2,1H3. The predicted octanol–water partition coefficient (Wildman–Crippen LogP) is 4.04. The zero-order valence-electron chi connectivity index (χ0n) is 12.0. The molecule has 0 aromatic heterocycles. The SMILES string of the molecule is CCCNCc1cccc(COc2cccc(F)c2F)c1. The molecule has 0 aliphatic rings. The molecule has 0 heterocycles. The number of hydrogen-bond acceptors (Lipinski definition) is 2. The first-order valence-corrected chi connectivity index (χ1v) is 7.06. The Kier molecular flexibility index (Phi) is 5.69. The van der Waals surface area contributed by atoms with Gasteiger partial charge in [-0.3, -0.25) is 0 Å². The van der Waals surface area contributed by atoms with Gasteiger partial charge in [-0.1, -0.05) is 37.3 Å². The number of ether oxygens (including phenoxy) is 1. The summed E-state index contributed by atoms with van der Waals surface area (Å²) in [7, 11) is 0. The van der Waals surface area contributed by atoms with E-state index in [0.717, 1.165) is 36.7 Å². The van der Waals surface area contributed by atoms with Gasteiger partial charge < -0.3 is 10.1 Å². The summed E-state index contributed by atoms with van der Waals surface area (Å²) < 4.78 is 31.9. The Morgan fingerprint density at radius 3 is 2.62 bits per heavy atom. The Morgan fingerprint density at radius 2 is 1.81 bits per heavy atom. The van der Waals surface area contributed by atoms with Gasteiger partial charge in [0, 0.05) is 6.54 Å². The molecule has 2 aromatic carbocycles. The maximum Gasteiger partial charge on any atom is 0.200 e. The van der Waals surface area contributed by atoms with Crippen molar-refractivity contribution in [3.63, 3.8) is 0 Å². The third kappa shape index (κ3) is 4.53. The lowest BCUT2D eigenvalue weighted by molar-refractivity contribution is 0.284. The normalized spacial score (nSPS) is 10.6. The third-order valence-corrected chi connectivity index (χ3v) is 3.06. The van der Waals surface area contributed by atoms with Gasteiger partial charge in [0.2, 0.25) is 5.82 Å². The molecule has 112 valence electrons. The molecule has 2 rings (SSSR count). The molecule has 0 radical (unpaired) electrons. The molecule has 0 aliphatic carbocycles. The molecule has 0 spiro atoms. The van der Waals surface area contributed by atoms with Crippen LogP contribution in [0.3, 0.4) is 0 Å². The lowest BCUT2D eigenvalue weighted by Crippen LogP contribution is -2.13. The van der Waals surface area contributed by atoms with Gasteiger partial charge in [0.1, 0.15) is 6.61 Å². The Morgan fingerprint density at radius 1 is 1.05 bits per heavy atom. The number of rotatable bonds is 7. The van der Waals surface area contributed by atoms with Crippen LogP contribution in [-0.2, 0) is 13.2 Å². The van der Waals surface area contributed by atoms with Crippen LogP contribution in [0.5, 0.6) is 5.75 Å². The van der Waals surface area contributed by atoms with E-state index in [1.54, 1.807) is 0 Å². The summed E-state index contributed by atoms with van der Waals surface area (Å²) in [6, 6.07) is 11.8. The zero-order valence-corrected chi connectivity index (χ0v) is 12.0. The van der Waals surface area contributed by atoms with E-state index < -0.39 is 11.6 Å². The monoisotopic (exact) mass is 291 g/mol. The van der Waals surface area contributed by atoms with Gasteiger partial charge >= 0.3 is 0 Å². The van der Waals surface area contributed by atoms with Crippen molar-refractivity contribution in [3.05, 3.63) is 65.2 Å². The first kappa shape index (κ1) is 15.4. The highest BCUT2D eigenvalue weighted by Gasteiger charge is 2.08. The lowest BCUT2D eigenvalue weighted by atomic mass is 10.1. The van der Waals surface area contributed by atoms with E-state index >= 15 is 0 Å². The molecule has 21 heavy (non-hydrogen) atoms. The molecular formula is C17H19F2NO. The van der Waals surface area contributed by atoms with E-state index in [4.69, 9.17) is 4.74 Å². The average Bonchev–Trinajstić information content (AvgIpc) is 2.50. The minimum Gasteiger partial charge on any atom is -0.486 e. The fourth-order valence-corrected chi connectivity index (χ4v) is 2.00. The predicted molar refractivity (Wildman–Crippen MR) is 79.1 cm³/mol. The van der Waals surface area contributed by atoms with Crippen LogP contribution in [0.1, 0.15) is 24.5 Å². The third-order valence-electron chi connectivity index (χ3n) is 3.06. The minimum atomic E-state index is -0.946. The Hall–Kier alpha value is -1.94. The van der Waals surface area contributed by atoms with Gasteiger partial charge in [0.15, 0.2) is 11.6 Å². The van der Waals surface area contributed by atoms with Crippen molar-refractivity contribution in [1.29, 1.82) is 0 Å². The molecule has 0 saturated heterocycles. The maximum atomic E-state index is 13.5. The van der Waals surface area contributed by atoms with Crippen LogP contribution in [0, 0.1) is 11.6 Å². The second-order valence-corrected chi connectivity index (χ2v) is 4.84. The molecule has 2 nitrogen and oxygen atoms in total. The second-order valence-electron chi connectivity index (χ2n) is 4.84. The summed E-state index contributed by atoms with van der Waals surface area (Å²) in [5.74, 6) is -1.91. The van der Waals surface area contributed by atoms with Crippen molar-refractivity contribution in [2.24, 2.45) is 0 Å². The zero-order chi connectivity index (χ0) is 15.1. The van der Waals surface area contributed by atoms with Gasteiger partial charge in [-0.25, -0.2) is 4.39 Å². The maximum absolute atomic E-state index is 13.5. The summed E-state index contributed by atoms with van der Waals surface area (Å²) >= 11 is 0. The molecule has 2 aromatic rings. The second kappa shape index (κ2) is 7.74. The van der Waals surface area contributed by atoms with Crippen LogP contribution in [0.2, 0.25) is 0 Å². The van der Waals surface area contributed by atoms with Gasteiger partial charge in [0.05, 0.1) is 0 Å². The quantitative estimate of drug-likeness (QED) is 0.777. The van der Waals surface area contributed by atoms with Gasteiger partial charge in [-0.05, 0) is 36.2 Å². The van der Waals surface area contributed by atoms with E-state index in [9.17, 15) is 8.78 Å². The summed E-state index contributed by atoms with van der Waals surface area (Å²) in [5, 5.41) is 3.32. The summed E-state index contributed by atoms with van der Waals surface area (Å²) in [6.07, 6.45) is 1.08. The highest BCUT2D eigenvalue weighted by Crippen LogP contribution is 2.20. The first-order chi connectivity index (χ1) is 10.2. The fraction of sp³-hybridized carbons (Fsp3) is 0.294. The Bertz CT molecular complexity index is 587. The number of hydrogen-bond donors (Lipinski definition) is 1. The molecule has 0 atom stereocenters. The molecule has 0 saturated carbocycles. The summed E-state index contributed by atoms with van der Waals surface area (Å²) in [4.78, 5) is 0. The summed E-state index contributed by atoms with van der Waals surface area (Å²) in [6.45, 7) is 4.08. The Labute approximate surface area is 123 Å². The van der Waals surface area contributed by atoms with Crippen LogP contribution >= 0.6 is 0 Å². The van der Waals surface area contributed by atoms with Crippen molar-refractivity contribution >= 4 is 0 Å². The lowest BCUT2D eigenvalue weighted by Gasteiger charge is -2.09. The van der Waals surface area contributed by atoms with Gasteiger partial charge in [0.25, 0.3) is 0 Å². The largest absolute Gasteiger partial charge is 0.486 e. The van der Waals surface area contributed by atoms with Crippen LogP contribution in [0.4, 0.5) is 8.78 Å². The van der Waals surface area contributed by atoms with Crippen molar-refractivity contribution in [2.75, 3.05) is 6.54 Å². The van der Waals surface area contributed by atoms with Crippen molar-refractivity contribution in [1.82, 2.24) is 5.32 Å². The fourth-order valence-electron chi connectivity index (χ4n) is 2.00. The van der Waals surface area contributed by atoms with E-state index in [0.29, 0.717) is 0 Å². The number of benzene rings is 2.